The van der Waals surface area contributed by atoms with Crippen LogP contribution in [0.5, 0.6) is 0 Å². The van der Waals surface area contributed by atoms with Gasteiger partial charge in [0.1, 0.15) is 0 Å². The molecular formula is C22H33IN4OS. The number of halogens is 1. The lowest BCUT2D eigenvalue weighted by molar-refractivity contribution is -0.119. The van der Waals surface area contributed by atoms with Crippen molar-refractivity contribution in [2.75, 3.05) is 12.4 Å². The van der Waals surface area contributed by atoms with Crippen LogP contribution >= 0.6 is 35.3 Å². The third-order valence-electron chi connectivity index (χ3n) is 4.62. The molecule has 2 atom stereocenters. The summed E-state index contributed by atoms with van der Waals surface area (Å²) in [5, 5.41) is 9.78. The van der Waals surface area contributed by atoms with Gasteiger partial charge in [-0.2, -0.15) is 0 Å². The third-order valence-corrected chi connectivity index (χ3v) is 5.65. The number of guanidine groups is 1. The van der Waals surface area contributed by atoms with Crippen LogP contribution in [-0.2, 0) is 17.8 Å². The van der Waals surface area contributed by atoms with Gasteiger partial charge in [0.15, 0.2) is 5.96 Å². The zero-order chi connectivity index (χ0) is 20.5. The number of aliphatic imine (C=N–C) groups is 1. The summed E-state index contributed by atoms with van der Waals surface area (Å²) in [6.45, 7) is 8.88. The van der Waals surface area contributed by atoms with Gasteiger partial charge < -0.3 is 16.0 Å². The number of carbonyl (C=O) groups excluding carboxylic acids is 1. The maximum absolute atomic E-state index is 12.1. The molecule has 0 fully saturated rings. The van der Waals surface area contributed by atoms with Gasteiger partial charge >= 0.3 is 0 Å². The number of nitrogens with one attached hydrogen (secondary N) is 3. The monoisotopic (exact) mass is 528 g/mol. The summed E-state index contributed by atoms with van der Waals surface area (Å²) in [6.07, 6.45) is 1.80. The molecule has 0 aliphatic carbocycles. The van der Waals surface area contributed by atoms with E-state index < -0.39 is 0 Å². The van der Waals surface area contributed by atoms with Crippen molar-refractivity contribution in [2.24, 2.45) is 10.9 Å². The van der Waals surface area contributed by atoms with Crippen LogP contribution in [0, 0.1) is 12.8 Å². The molecule has 29 heavy (non-hydrogen) atoms. The molecule has 1 aromatic carbocycles. The molecule has 1 aromatic heterocycles. The first kappa shape index (κ1) is 25.4. The molecule has 1 amide bonds. The number of hydrogen-bond donors (Lipinski definition) is 3. The van der Waals surface area contributed by atoms with E-state index in [1.807, 2.05) is 49.4 Å². The molecule has 1 heterocycles. The first-order valence-corrected chi connectivity index (χ1v) is 10.6. The molecule has 0 saturated carbocycles. The molecule has 0 radical (unpaired) electrons. The van der Waals surface area contributed by atoms with E-state index in [9.17, 15) is 4.79 Å². The van der Waals surface area contributed by atoms with Crippen molar-refractivity contribution in [3.63, 3.8) is 0 Å². The smallest absolute Gasteiger partial charge is 0.227 e. The van der Waals surface area contributed by atoms with Gasteiger partial charge in [-0.15, -0.1) is 35.3 Å². The van der Waals surface area contributed by atoms with Crippen LogP contribution < -0.4 is 16.0 Å². The maximum atomic E-state index is 12.1. The summed E-state index contributed by atoms with van der Waals surface area (Å²) in [5.74, 6) is 0.843. The quantitative estimate of drug-likeness (QED) is 0.258. The van der Waals surface area contributed by atoms with Crippen LogP contribution in [0.2, 0.25) is 0 Å². The number of aryl methyl sites for hydroxylation is 1. The van der Waals surface area contributed by atoms with Gasteiger partial charge in [0.2, 0.25) is 5.91 Å². The molecule has 0 bridgehead atoms. The minimum atomic E-state index is 0. The van der Waals surface area contributed by atoms with Gasteiger partial charge in [-0.05, 0) is 50.1 Å². The molecule has 0 aliphatic rings. The first-order chi connectivity index (χ1) is 13.4. The molecule has 7 heteroatoms. The van der Waals surface area contributed by atoms with Crippen molar-refractivity contribution in [3.8, 4) is 0 Å². The Morgan fingerprint density at radius 1 is 1.21 bits per heavy atom. The third kappa shape index (κ3) is 8.74. The molecule has 5 nitrogen and oxygen atoms in total. The fraction of sp³-hybridized carbons (Fsp3) is 0.455. The van der Waals surface area contributed by atoms with E-state index in [-0.39, 0.29) is 41.8 Å². The van der Waals surface area contributed by atoms with Crippen LogP contribution in [-0.4, -0.2) is 25.0 Å². The summed E-state index contributed by atoms with van der Waals surface area (Å²) in [4.78, 5) is 19.1. The summed E-state index contributed by atoms with van der Waals surface area (Å²) in [5.41, 5.74) is 1.92. The number of amides is 1. The summed E-state index contributed by atoms with van der Waals surface area (Å²) in [6, 6.07) is 12.5. The highest BCUT2D eigenvalue weighted by molar-refractivity contribution is 14.0. The predicted octanol–water partition coefficient (Wildman–Crippen LogP) is 4.96. The predicted molar refractivity (Wildman–Crippen MR) is 135 cm³/mol. The molecule has 2 rings (SSSR count). The van der Waals surface area contributed by atoms with E-state index in [0.29, 0.717) is 6.54 Å². The van der Waals surface area contributed by atoms with E-state index in [0.717, 1.165) is 30.1 Å². The summed E-state index contributed by atoms with van der Waals surface area (Å²) < 4.78 is 0. The Labute approximate surface area is 195 Å². The molecule has 160 valence electrons. The zero-order valence-corrected chi connectivity index (χ0v) is 21.1. The van der Waals surface area contributed by atoms with Gasteiger partial charge in [0.05, 0.1) is 0 Å². The summed E-state index contributed by atoms with van der Waals surface area (Å²) >= 11 is 1.84. The van der Waals surface area contributed by atoms with Gasteiger partial charge in [-0.3, -0.25) is 9.79 Å². The second-order valence-electron chi connectivity index (χ2n) is 7.19. The molecule has 2 aromatic rings. The number of anilines is 1. The Balaban J connectivity index is 0.00000420. The van der Waals surface area contributed by atoms with Crippen LogP contribution in [0.15, 0.2) is 41.4 Å². The number of rotatable bonds is 8. The second kappa shape index (κ2) is 12.8. The number of benzene rings is 1. The lowest BCUT2D eigenvalue weighted by atomic mass is 10.1. The van der Waals surface area contributed by atoms with Crippen molar-refractivity contribution in [3.05, 3.63) is 51.7 Å². The molecule has 0 aliphatic heterocycles. The Hall–Kier alpha value is -1.61. The number of carbonyl (C=O) groups is 1. The minimum Gasteiger partial charge on any atom is -0.354 e. The van der Waals surface area contributed by atoms with Crippen LogP contribution in [0.1, 0.15) is 42.5 Å². The zero-order valence-electron chi connectivity index (χ0n) is 17.9. The minimum absolute atomic E-state index is 0. The van der Waals surface area contributed by atoms with E-state index >= 15 is 0 Å². The Bertz CT molecular complexity index is 806. The average Bonchev–Trinajstić information content (AvgIpc) is 3.09. The second-order valence-corrected chi connectivity index (χ2v) is 8.56. The van der Waals surface area contributed by atoms with E-state index in [4.69, 9.17) is 0 Å². The SMILES string of the molecule is CCC(C)C(=O)Nc1cccc(CNC(=NC)NC(C)Cc2ccc(C)s2)c1.I. The van der Waals surface area contributed by atoms with E-state index in [1.165, 1.54) is 9.75 Å². The lowest BCUT2D eigenvalue weighted by Gasteiger charge is -2.18. The fourth-order valence-corrected chi connectivity index (χ4v) is 3.79. The average molecular weight is 529 g/mol. The molecular weight excluding hydrogens is 495 g/mol. The standard InChI is InChI=1S/C22H32N4OS.HI/c1-6-15(2)21(27)26-19-9-7-8-18(13-19)14-24-22(23-5)25-16(3)12-20-11-10-17(4)28-20;/h7-11,13,15-16H,6,12,14H2,1-5H3,(H,26,27)(H2,23,24,25);1H. The Morgan fingerprint density at radius 3 is 2.59 bits per heavy atom. The van der Waals surface area contributed by atoms with Crippen LogP contribution in [0.25, 0.3) is 0 Å². The normalized spacial score (nSPS) is 13.2. The Morgan fingerprint density at radius 2 is 1.97 bits per heavy atom. The van der Waals surface area contributed by atoms with Crippen LogP contribution in [0.3, 0.4) is 0 Å². The number of thiophene rings is 1. The van der Waals surface area contributed by atoms with Crippen molar-refractivity contribution >= 4 is 52.9 Å². The van der Waals surface area contributed by atoms with E-state index in [2.05, 4.69) is 46.9 Å². The van der Waals surface area contributed by atoms with Gasteiger partial charge in [0.25, 0.3) is 0 Å². The number of nitrogens with zero attached hydrogens (tertiary/aromatic N) is 1. The Kier molecular flexibility index (Phi) is 11.3. The van der Waals surface area contributed by atoms with Crippen molar-refractivity contribution < 1.29 is 4.79 Å². The number of hydrogen-bond acceptors (Lipinski definition) is 3. The molecule has 3 N–H and O–H groups in total. The van der Waals surface area contributed by atoms with Crippen molar-refractivity contribution in [1.29, 1.82) is 0 Å². The van der Waals surface area contributed by atoms with Crippen molar-refractivity contribution in [2.45, 2.75) is 53.1 Å². The highest BCUT2D eigenvalue weighted by atomic mass is 127. The highest BCUT2D eigenvalue weighted by Crippen LogP contribution is 2.17. The fourth-order valence-electron chi connectivity index (χ4n) is 2.77. The van der Waals surface area contributed by atoms with Gasteiger partial charge in [-0.25, -0.2) is 0 Å². The highest BCUT2D eigenvalue weighted by Gasteiger charge is 2.11. The molecule has 0 saturated heterocycles. The summed E-state index contributed by atoms with van der Waals surface area (Å²) in [7, 11) is 1.78. The maximum Gasteiger partial charge on any atom is 0.227 e. The first-order valence-electron chi connectivity index (χ1n) is 9.83. The van der Waals surface area contributed by atoms with Gasteiger partial charge in [-0.1, -0.05) is 26.0 Å². The lowest BCUT2D eigenvalue weighted by Crippen LogP contribution is -2.42. The molecule has 0 spiro atoms. The van der Waals surface area contributed by atoms with Crippen molar-refractivity contribution in [1.82, 2.24) is 10.6 Å². The topological polar surface area (TPSA) is 65.5 Å². The molecule has 2 unspecified atom stereocenters. The largest absolute Gasteiger partial charge is 0.354 e. The van der Waals surface area contributed by atoms with Crippen LogP contribution in [0.4, 0.5) is 5.69 Å². The van der Waals surface area contributed by atoms with E-state index in [1.54, 1.807) is 7.05 Å². The van der Waals surface area contributed by atoms with Gasteiger partial charge in [0, 0.05) is 47.4 Å².